The first-order valence-corrected chi connectivity index (χ1v) is 8.93. The fourth-order valence-corrected chi connectivity index (χ4v) is 3.26. The van der Waals surface area contributed by atoms with Gasteiger partial charge in [0.25, 0.3) is 0 Å². The van der Waals surface area contributed by atoms with E-state index in [1.54, 1.807) is 23.1 Å². The summed E-state index contributed by atoms with van der Waals surface area (Å²) in [7, 11) is 1.32. The SMILES string of the molecule is COC(=O)c1ccc(C2=CC3(CCN2C(=O)OC(C)(C)C)COC3)c(N)c1. The predicted molar refractivity (Wildman–Crippen MR) is 101 cm³/mol. The highest BCUT2D eigenvalue weighted by atomic mass is 16.6. The van der Waals surface area contributed by atoms with Crippen LogP contribution < -0.4 is 5.73 Å². The average Bonchev–Trinajstić information content (AvgIpc) is 2.57. The molecule has 1 aromatic carbocycles. The first-order chi connectivity index (χ1) is 12.6. The summed E-state index contributed by atoms with van der Waals surface area (Å²) in [5, 5.41) is 0. The minimum Gasteiger partial charge on any atom is -0.465 e. The van der Waals surface area contributed by atoms with Gasteiger partial charge in [0.05, 0.1) is 31.6 Å². The van der Waals surface area contributed by atoms with Crippen molar-refractivity contribution in [3.8, 4) is 0 Å². The van der Waals surface area contributed by atoms with E-state index in [-0.39, 0.29) is 5.41 Å². The Balaban J connectivity index is 1.99. The number of rotatable bonds is 2. The highest BCUT2D eigenvalue weighted by Gasteiger charge is 2.43. The molecule has 0 unspecified atom stereocenters. The van der Waals surface area contributed by atoms with Gasteiger partial charge in [0, 0.05) is 23.2 Å². The summed E-state index contributed by atoms with van der Waals surface area (Å²) in [6.45, 7) is 7.26. The van der Waals surface area contributed by atoms with Gasteiger partial charge in [-0.2, -0.15) is 0 Å². The third kappa shape index (κ3) is 3.93. The van der Waals surface area contributed by atoms with Crippen molar-refractivity contribution in [3.63, 3.8) is 0 Å². The minimum atomic E-state index is -0.600. The van der Waals surface area contributed by atoms with E-state index in [2.05, 4.69) is 0 Å². The fourth-order valence-electron chi connectivity index (χ4n) is 3.26. The molecule has 2 N–H and O–H groups in total. The molecule has 0 aromatic heterocycles. The second-order valence-corrected chi connectivity index (χ2v) is 8.06. The zero-order valence-corrected chi connectivity index (χ0v) is 16.2. The molecule has 1 amide bonds. The van der Waals surface area contributed by atoms with Crippen molar-refractivity contribution in [1.29, 1.82) is 0 Å². The predicted octanol–water partition coefficient (Wildman–Crippen LogP) is 3.05. The third-order valence-electron chi connectivity index (χ3n) is 4.71. The van der Waals surface area contributed by atoms with Crippen LogP contribution >= 0.6 is 0 Å². The summed E-state index contributed by atoms with van der Waals surface area (Å²) >= 11 is 0. The summed E-state index contributed by atoms with van der Waals surface area (Å²) in [5.74, 6) is -0.460. The van der Waals surface area contributed by atoms with E-state index in [0.717, 1.165) is 6.42 Å². The Morgan fingerprint density at radius 3 is 2.48 bits per heavy atom. The maximum atomic E-state index is 12.8. The summed E-state index contributed by atoms with van der Waals surface area (Å²) in [5.41, 5.74) is 7.67. The van der Waals surface area contributed by atoms with Crippen LogP contribution in [0.25, 0.3) is 5.70 Å². The van der Waals surface area contributed by atoms with Crippen LogP contribution in [-0.2, 0) is 14.2 Å². The third-order valence-corrected chi connectivity index (χ3v) is 4.71. The molecular formula is C20H26N2O5. The van der Waals surface area contributed by atoms with Gasteiger partial charge < -0.3 is 19.9 Å². The van der Waals surface area contributed by atoms with Gasteiger partial charge in [0.15, 0.2) is 0 Å². The molecule has 1 spiro atoms. The van der Waals surface area contributed by atoms with Gasteiger partial charge in [0.2, 0.25) is 0 Å². The molecule has 2 aliphatic heterocycles. The number of carbonyl (C=O) groups excluding carboxylic acids is 2. The monoisotopic (exact) mass is 374 g/mol. The number of amides is 1. The first kappa shape index (κ1) is 19.2. The molecule has 1 saturated heterocycles. The van der Waals surface area contributed by atoms with Crippen molar-refractivity contribution in [2.24, 2.45) is 5.41 Å². The van der Waals surface area contributed by atoms with Crippen molar-refractivity contribution >= 4 is 23.4 Å². The highest BCUT2D eigenvalue weighted by Crippen LogP contribution is 2.42. The Morgan fingerprint density at radius 1 is 1.26 bits per heavy atom. The Hall–Kier alpha value is -2.54. The molecule has 1 fully saturated rings. The van der Waals surface area contributed by atoms with Crippen LogP contribution in [-0.4, -0.2) is 49.4 Å². The van der Waals surface area contributed by atoms with Crippen molar-refractivity contribution < 1.29 is 23.8 Å². The van der Waals surface area contributed by atoms with Crippen LogP contribution in [0.5, 0.6) is 0 Å². The van der Waals surface area contributed by atoms with E-state index in [1.165, 1.54) is 7.11 Å². The van der Waals surface area contributed by atoms with Gasteiger partial charge in [-0.05, 0) is 51.5 Å². The topological polar surface area (TPSA) is 91.1 Å². The van der Waals surface area contributed by atoms with Crippen molar-refractivity contribution in [2.45, 2.75) is 32.8 Å². The maximum Gasteiger partial charge on any atom is 0.414 e. The largest absolute Gasteiger partial charge is 0.465 e. The molecule has 0 atom stereocenters. The van der Waals surface area contributed by atoms with Crippen LogP contribution in [0.2, 0.25) is 0 Å². The van der Waals surface area contributed by atoms with Crippen molar-refractivity contribution in [3.05, 3.63) is 35.4 Å². The summed E-state index contributed by atoms with van der Waals surface area (Å²) < 4.78 is 15.7. The van der Waals surface area contributed by atoms with Gasteiger partial charge in [0.1, 0.15) is 5.60 Å². The number of methoxy groups -OCH3 is 1. The number of hydrogen-bond acceptors (Lipinski definition) is 6. The molecule has 0 radical (unpaired) electrons. The standard InChI is InChI=1S/C20H26N2O5/c1-19(2,3)27-18(24)22-8-7-20(11-26-12-20)10-16(22)14-6-5-13(9-15(14)21)17(23)25-4/h5-6,9-10H,7-8,11-12,21H2,1-4H3. The lowest BCUT2D eigenvalue weighted by Crippen LogP contribution is -2.49. The summed E-state index contributed by atoms with van der Waals surface area (Å²) in [6.07, 6.45) is 2.43. The van der Waals surface area contributed by atoms with E-state index < -0.39 is 17.7 Å². The van der Waals surface area contributed by atoms with Crippen LogP contribution in [0.1, 0.15) is 43.1 Å². The Bertz CT molecular complexity index is 790. The lowest BCUT2D eigenvalue weighted by molar-refractivity contribution is -0.0917. The molecule has 7 heteroatoms. The molecule has 0 aliphatic carbocycles. The molecule has 0 saturated carbocycles. The Morgan fingerprint density at radius 2 is 1.96 bits per heavy atom. The van der Waals surface area contributed by atoms with E-state index in [4.69, 9.17) is 19.9 Å². The molecule has 2 heterocycles. The Labute approximate surface area is 159 Å². The molecule has 1 aromatic rings. The number of nitrogen functional groups attached to an aromatic ring is 1. The minimum absolute atomic E-state index is 0.0820. The number of hydrogen-bond donors (Lipinski definition) is 1. The molecule has 2 aliphatic rings. The van der Waals surface area contributed by atoms with E-state index in [1.807, 2.05) is 26.8 Å². The van der Waals surface area contributed by atoms with E-state index in [9.17, 15) is 9.59 Å². The number of benzene rings is 1. The van der Waals surface area contributed by atoms with E-state index >= 15 is 0 Å². The van der Waals surface area contributed by atoms with Crippen LogP contribution in [0.4, 0.5) is 10.5 Å². The molecule has 0 bridgehead atoms. The zero-order valence-electron chi connectivity index (χ0n) is 16.2. The highest BCUT2D eigenvalue weighted by molar-refractivity contribution is 5.93. The average molecular weight is 374 g/mol. The maximum absolute atomic E-state index is 12.8. The van der Waals surface area contributed by atoms with Gasteiger partial charge in [-0.1, -0.05) is 0 Å². The lowest BCUT2D eigenvalue weighted by atomic mass is 9.78. The smallest absolute Gasteiger partial charge is 0.414 e. The van der Waals surface area contributed by atoms with Gasteiger partial charge in [-0.25, -0.2) is 9.59 Å². The first-order valence-electron chi connectivity index (χ1n) is 8.93. The molecule has 146 valence electrons. The van der Waals surface area contributed by atoms with Crippen molar-refractivity contribution in [1.82, 2.24) is 4.90 Å². The molecule has 3 rings (SSSR count). The quantitative estimate of drug-likeness (QED) is 0.632. The number of carbonyl (C=O) groups is 2. The van der Waals surface area contributed by atoms with E-state index in [0.29, 0.717) is 42.3 Å². The molecule has 7 nitrogen and oxygen atoms in total. The van der Waals surface area contributed by atoms with Crippen LogP contribution in [0, 0.1) is 5.41 Å². The lowest BCUT2D eigenvalue weighted by Gasteiger charge is -2.45. The normalized spacial score (nSPS) is 18.5. The second-order valence-electron chi connectivity index (χ2n) is 8.06. The molecule has 27 heavy (non-hydrogen) atoms. The van der Waals surface area contributed by atoms with Crippen LogP contribution in [0.15, 0.2) is 24.3 Å². The fraction of sp³-hybridized carbons (Fsp3) is 0.500. The second kappa shape index (κ2) is 6.88. The van der Waals surface area contributed by atoms with Crippen LogP contribution in [0.3, 0.4) is 0 Å². The van der Waals surface area contributed by atoms with Gasteiger partial charge in [-0.15, -0.1) is 0 Å². The van der Waals surface area contributed by atoms with Gasteiger partial charge >= 0.3 is 12.1 Å². The van der Waals surface area contributed by atoms with Crippen molar-refractivity contribution in [2.75, 3.05) is 32.6 Å². The number of esters is 1. The van der Waals surface area contributed by atoms with Gasteiger partial charge in [-0.3, -0.25) is 4.90 Å². The number of nitrogens with two attached hydrogens (primary N) is 1. The molecular weight excluding hydrogens is 348 g/mol. The summed E-state index contributed by atoms with van der Waals surface area (Å²) in [4.78, 5) is 26.1. The summed E-state index contributed by atoms with van der Waals surface area (Å²) in [6, 6.07) is 4.95. The Kier molecular flexibility index (Phi) is 4.90. The number of ether oxygens (including phenoxy) is 3. The number of anilines is 1. The zero-order chi connectivity index (χ0) is 19.8. The number of nitrogens with zero attached hydrogens (tertiary/aromatic N) is 1.